The predicted molar refractivity (Wildman–Crippen MR) is 234 cm³/mol. The number of ether oxygens (including phenoxy) is 3. The van der Waals surface area contributed by atoms with Crippen molar-refractivity contribution in [2.24, 2.45) is 0 Å². The fourth-order valence-electron chi connectivity index (χ4n) is 6.26. The van der Waals surface area contributed by atoms with E-state index in [2.05, 4.69) is 74.6 Å². The van der Waals surface area contributed by atoms with Gasteiger partial charge in [0.25, 0.3) is 0 Å². The molecule has 8 heteroatoms. The number of likely N-dealkylation sites (N-methyl/N-ethyl adjacent to an activating group) is 1. The van der Waals surface area contributed by atoms with Crippen LogP contribution >= 0.6 is 0 Å². The van der Waals surface area contributed by atoms with Crippen LogP contribution in [0.25, 0.3) is 0 Å². The largest absolute Gasteiger partial charge is 0.477 e. The summed E-state index contributed by atoms with van der Waals surface area (Å²) < 4.78 is 17.3. The quantitative estimate of drug-likeness (QED) is 0.0287. The van der Waals surface area contributed by atoms with Gasteiger partial charge < -0.3 is 23.8 Å². The third-order valence-corrected chi connectivity index (χ3v) is 9.66. The van der Waals surface area contributed by atoms with E-state index in [1.165, 1.54) is 51.4 Å². The summed E-state index contributed by atoms with van der Waals surface area (Å²) >= 11 is 0. The average molecular weight is 787 g/mol. The Morgan fingerprint density at radius 1 is 0.536 bits per heavy atom. The molecule has 322 valence electrons. The zero-order valence-corrected chi connectivity index (χ0v) is 36.6. The van der Waals surface area contributed by atoms with E-state index in [4.69, 9.17) is 14.2 Å². The van der Waals surface area contributed by atoms with Crippen molar-refractivity contribution < 1.29 is 38.2 Å². The molecule has 0 saturated carbocycles. The van der Waals surface area contributed by atoms with E-state index in [9.17, 15) is 19.5 Å². The molecule has 1 N–H and O–H groups in total. The predicted octanol–water partition coefficient (Wildman–Crippen LogP) is 12.2. The molecule has 0 aromatic heterocycles. The number of allylic oxidation sites excluding steroid dienone is 10. The molecule has 0 aliphatic carbocycles. The normalized spacial score (nSPS) is 13.5. The zero-order valence-electron chi connectivity index (χ0n) is 36.6. The molecule has 56 heavy (non-hydrogen) atoms. The van der Waals surface area contributed by atoms with Crippen molar-refractivity contribution in [2.45, 2.75) is 187 Å². The number of hydrogen-bond acceptors (Lipinski definition) is 6. The van der Waals surface area contributed by atoms with Gasteiger partial charge in [0, 0.05) is 19.3 Å². The lowest BCUT2D eigenvalue weighted by molar-refractivity contribution is -0.887. The third kappa shape index (κ3) is 36.7. The van der Waals surface area contributed by atoms with Crippen LogP contribution < -0.4 is 0 Å². The lowest BCUT2D eigenvalue weighted by Gasteiger charge is -2.31. The first-order valence-electron chi connectivity index (χ1n) is 22.3. The number of carbonyl (C=O) groups is 3. The van der Waals surface area contributed by atoms with Gasteiger partial charge >= 0.3 is 17.9 Å². The number of nitrogens with zero attached hydrogens (tertiary/aromatic N) is 1. The van der Waals surface area contributed by atoms with Gasteiger partial charge in [-0.25, -0.2) is 4.79 Å². The minimum atomic E-state index is -0.880. The van der Waals surface area contributed by atoms with Crippen LogP contribution in [0.3, 0.4) is 0 Å². The number of esters is 2. The van der Waals surface area contributed by atoms with Crippen molar-refractivity contribution in [1.29, 1.82) is 0 Å². The molecular formula is C48H84NO7+. The SMILES string of the molecule is CC/C=C/C/C=C/C/C=C/CCCCCCCCCCCCC(=O)OCC(COCCC(C(=O)O)[N+](C)(C)C)OC(=O)CCCCCCC/C=C/C/C=C/CC. The first-order chi connectivity index (χ1) is 27.1. The van der Waals surface area contributed by atoms with Crippen LogP contribution in [0.4, 0.5) is 0 Å². The van der Waals surface area contributed by atoms with Gasteiger partial charge in [0.05, 0.1) is 34.4 Å². The summed E-state index contributed by atoms with van der Waals surface area (Å²) in [5.41, 5.74) is 0. The second kappa shape index (κ2) is 38.9. The van der Waals surface area contributed by atoms with Gasteiger partial charge in [-0.2, -0.15) is 0 Å². The van der Waals surface area contributed by atoms with E-state index < -0.39 is 18.1 Å². The molecule has 2 unspecified atom stereocenters. The molecule has 2 atom stereocenters. The number of hydrogen-bond donors (Lipinski definition) is 1. The maximum Gasteiger partial charge on any atom is 0.362 e. The summed E-state index contributed by atoms with van der Waals surface area (Å²) in [6.45, 7) is 4.49. The molecule has 0 amide bonds. The van der Waals surface area contributed by atoms with Crippen molar-refractivity contribution >= 4 is 17.9 Å². The standard InChI is InChI=1S/C48H83NO7/c1-6-8-10-12-14-16-18-20-21-22-23-24-25-26-27-29-30-32-34-36-38-46(50)55-43-44(42-54-41-40-45(48(52)53)49(3,4)5)56-47(51)39-37-35-33-31-28-19-17-15-13-11-9-7-2/h8-11,14-17,20-21,44-45H,6-7,12-13,18-19,22-43H2,1-5H3/p+1/b10-8+,11-9+,16-14+,17-15+,21-20+. The maximum absolute atomic E-state index is 12.7. The van der Waals surface area contributed by atoms with Crippen LogP contribution in [-0.4, -0.2) is 80.6 Å². The van der Waals surface area contributed by atoms with Crippen LogP contribution in [-0.2, 0) is 28.6 Å². The Bertz CT molecular complexity index is 1100. The number of unbranched alkanes of at least 4 members (excludes halogenated alkanes) is 15. The molecule has 0 aromatic rings. The third-order valence-electron chi connectivity index (χ3n) is 9.66. The van der Waals surface area contributed by atoms with Gasteiger partial charge in [-0.1, -0.05) is 145 Å². The highest BCUT2D eigenvalue weighted by molar-refractivity contribution is 5.72. The monoisotopic (exact) mass is 787 g/mol. The van der Waals surface area contributed by atoms with Crippen molar-refractivity contribution in [3.05, 3.63) is 60.8 Å². The van der Waals surface area contributed by atoms with Gasteiger partial charge in [0.15, 0.2) is 12.1 Å². The summed E-state index contributed by atoms with van der Waals surface area (Å²) in [4.78, 5) is 37.0. The summed E-state index contributed by atoms with van der Waals surface area (Å²) in [5.74, 6) is -1.50. The Balaban J connectivity index is 4.29. The molecule has 0 heterocycles. The number of carboxylic acids is 1. The fourth-order valence-corrected chi connectivity index (χ4v) is 6.26. The van der Waals surface area contributed by atoms with Gasteiger partial charge in [-0.3, -0.25) is 9.59 Å². The molecule has 0 spiro atoms. The van der Waals surface area contributed by atoms with Crippen molar-refractivity contribution in [3.8, 4) is 0 Å². The minimum Gasteiger partial charge on any atom is -0.477 e. The van der Waals surface area contributed by atoms with Gasteiger partial charge in [-0.15, -0.1) is 0 Å². The number of aliphatic carboxylic acids is 1. The first kappa shape index (κ1) is 53.0. The van der Waals surface area contributed by atoms with Crippen molar-refractivity contribution in [2.75, 3.05) is 41.0 Å². The van der Waals surface area contributed by atoms with Crippen LogP contribution in [0, 0.1) is 0 Å². The Morgan fingerprint density at radius 3 is 1.39 bits per heavy atom. The number of carboxylic acid groups (broad SMARTS) is 1. The number of quaternary nitrogens is 1. The second-order valence-electron chi connectivity index (χ2n) is 15.9. The van der Waals surface area contributed by atoms with E-state index in [-0.39, 0.29) is 36.2 Å². The molecule has 0 rings (SSSR count). The molecule has 0 aromatic carbocycles. The molecule has 0 bridgehead atoms. The van der Waals surface area contributed by atoms with Gasteiger partial charge in [0.1, 0.15) is 6.61 Å². The van der Waals surface area contributed by atoms with E-state index in [1.54, 1.807) is 0 Å². The van der Waals surface area contributed by atoms with Crippen molar-refractivity contribution in [1.82, 2.24) is 0 Å². The number of rotatable bonds is 39. The highest BCUT2D eigenvalue weighted by Gasteiger charge is 2.31. The van der Waals surface area contributed by atoms with Crippen molar-refractivity contribution in [3.63, 3.8) is 0 Å². The molecule has 0 fully saturated rings. The Hall–Kier alpha value is -2.97. The minimum absolute atomic E-state index is 0.0523. The van der Waals surface area contributed by atoms with Gasteiger partial charge in [0.2, 0.25) is 0 Å². The summed E-state index contributed by atoms with van der Waals surface area (Å²) in [6.07, 6.45) is 47.0. The molecule has 0 aliphatic rings. The maximum atomic E-state index is 12.7. The van der Waals surface area contributed by atoms with E-state index in [1.807, 2.05) is 21.1 Å². The molecular weight excluding hydrogens is 703 g/mol. The van der Waals surface area contributed by atoms with E-state index in [0.29, 0.717) is 19.3 Å². The van der Waals surface area contributed by atoms with Crippen LogP contribution in [0.1, 0.15) is 174 Å². The Labute approximate surface area is 343 Å². The topological polar surface area (TPSA) is 99.1 Å². The van der Waals surface area contributed by atoms with Gasteiger partial charge in [-0.05, 0) is 70.6 Å². The molecule has 8 nitrogen and oxygen atoms in total. The van der Waals surface area contributed by atoms with Crippen LogP contribution in [0.2, 0.25) is 0 Å². The summed E-state index contributed by atoms with van der Waals surface area (Å²) in [6, 6.07) is -0.619. The highest BCUT2D eigenvalue weighted by atomic mass is 16.6. The molecule has 0 saturated heterocycles. The molecule has 0 radical (unpaired) electrons. The van der Waals surface area contributed by atoms with Crippen LogP contribution in [0.5, 0.6) is 0 Å². The highest BCUT2D eigenvalue weighted by Crippen LogP contribution is 2.14. The molecule has 0 aliphatic heterocycles. The summed E-state index contributed by atoms with van der Waals surface area (Å²) in [7, 11) is 5.51. The average Bonchev–Trinajstić information content (AvgIpc) is 3.15. The van der Waals surface area contributed by atoms with Crippen LogP contribution in [0.15, 0.2) is 60.8 Å². The van der Waals surface area contributed by atoms with E-state index in [0.717, 1.165) is 89.9 Å². The number of carbonyl (C=O) groups excluding carboxylic acids is 2. The second-order valence-corrected chi connectivity index (χ2v) is 15.9. The zero-order chi connectivity index (χ0) is 41.4. The lowest BCUT2D eigenvalue weighted by atomic mass is 10.1. The first-order valence-corrected chi connectivity index (χ1v) is 22.3. The summed E-state index contributed by atoms with van der Waals surface area (Å²) in [5, 5.41) is 9.61. The fraction of sp³-hybridized carbons (Fsp3) is 0.729. The van der Waals surface area contributed by atoms with E-state index >= 15 is 0 Å². The Kier molecular flexibility index (Phi) is 36.8. The Morgan fingerprint density at radius 2 is 0.946 bits per heavy atom. The smallest absolute Gasteiger partial charge is 0.362 e. The lowest BCUT2D eigenvalue weighted by Crippen LogP contribution is -2.50.